The molecule has 2 aromatic carbocycles. The van der Waals surface area contributed by atoms with E-state index in [1.165, 1.54) is 31.4 Å². The number of ether oxygens (including phenoxy) is 2. The van der Waals surface area contributed by atoms with Crippen LogP contribution in [-0.4, -0.2) is 22.1 Å². The highest BCUT2D eigenvalue weighted by Gasteiger charge is 2.30. The number of halogens is 5. The molecule has 28 heavy (non-hydrogen) atoms. The van der Waals surface area contributed by atoms with Crippen molar-refractivity contribution in [1.29, 1.82) is 0 Å². The number of hydrogen-bond donors (Lipinski definition) is 1. The van der Waals surface area contributed by atoms with E-state index in [0.29, 0.717) is 5.56 Å². The normalized spacial score (nSPS) is 12.2. The lowest BCUT2D eigenvalue weighted by Crippen LogP contribution is -2.25. The second kappa shape index (κ2) is 8.74. The topological polar surface area (TPSA) is 64.6 Å². The minimum Gasteiger partial charge on any atom is -0.493 e. The van der Waals surface area contributed by atoms with Crippen LogP contribution in [0.3, 0.4) is 0 Å². The third-order valence-electron chi connectivity index (χ3n) is 3.55. The van der Waals surface area contributed by atoms with Gasteiger partial charge in [0.25, 0.3) is 0 Å². The second-order valence-electron chi connectivity index (χ2n) is 5.64. The highest BCUT2D eigenvalue weighted by atomic mass is 32.2. The van der Waals surface area contributed by atoms with Gasteiger partial charge in [0.05, 0.1) is 18.4 Å². The van der Waals surface area contributed by atoms with Gasteiger partial charge in [-0.15, -0.1) is 0 Å². The summed E-state index contributed by atoms with van der Waals surface area (Å²) in [7, 11) is -2.72. The standard InChI is InChI=1S/C17H16F5NO4S/c1-26-15-8-11(5-6-14(15)27-16(18)19)9-23-28(24,25)10-12-3-2-4-13(7-12)17(20,21)22/h2-8,16,23H,9-10H2,1H3. The van der Waals surface area contributed by atoms with E-state index >= 15 is 0 Å². The zero-order valence-corrected chi connectivity index (χ0v) is 15.3. The predicted molar refractivity (Wildman–Crippen MR) is 90.5 cm³/mol. The fraction of sp³-hybridized carbons (Fsp3) is 0.294. The molecule has 0 aliphatic rings. The van der Waals surface area contributed by atoms with Crippen molar-refractivity contribution in [2.75, 3.05) is 7.11 Å². The van der Waals surface area contributed by atoms with Crippen LogP contribution in [0, 0.1) is 0 Å². The van der Waals surface area contributed by atoms with Crippen molar-refractivity contribution in [3.63, 3.8) is 0 Å². The third-order valence-corrected chi connectivity index (χ3v) is 4.85. The second-order valence-corrected chi connectivity index (χ2v) is 7.45. The number of sulfonamides is 1. The molecule has 0 bridgehead atoms. The highest BCUT2D eigenvalue weighted by molar-refractivity contribution is 7.88. The van der Waals surface area contributed by atoms with Gasteiger partial charge in [-0.05, 0) is 29.3 Å². The van der Waals surface area contributed by atoms with Gasteiger partial charge in [-0.25, -0.2) is 13.1 Å². The van der Waals surface area contributed by atoms with Crippen molar-refractivity contribution in [3.8, 4) is 11.5 Å². The quantitative estimate of drug-likeness (QED) is 0.651. The van der Waals surface area contributed by atoms with E-state index in [-0.39, 0.29) is 23.6 Å². The number of benzene rings is 2. The first kappa shape index (κ1) is 21.9. The molecule has 0 aromatic heterocycles. The van der Waals surface area contributed by atoms with E-state index in [2.05, 4.69) is 9.46 Å². The molecule has 1 N–H and O–H groups in total. The van der Waals surface area contributed by atoms with Gasteiger partial charge in [0.2, 0.25) is 10.0 Å². The van der Waals surface area contributed by atoms with Crippen LogP contribution >= 0.6 is 0 Å². The molecule has 0 amide bonds. The average Bonchev–Trinajstić information content (AvgIpc) is 2.59. The first-order valence-electron chi connectivity index (χ1n) is 7.75. The SMILES string of the molecule is COc1cc(CNS(=O)(=O)Cc2cccc(C(F)(F)F)c2)ccc1OC(F)F. The van der Waals surface area contributed by atoms with E-state index in [1.54, 1.807) is 0 Å². The third kappa shape index (κ3) is 6.34. The van der Waals surface area contributed by atoms with E-state index in [1.807, 2.05) is 0 Å². The largest absolute Gasteiger partial charge is 0.493 e. The Morgan fingerprint density at radius 3 is 2.36 bits per heavy atom. The molecular weight excluding hydrogens is 409 g/mol. The lowest BCUT2D eigenvalue weighted by molar-refractivity contribution is -0.137. The molecule has 5 nitrogen and oxygen atoms in total. The molecule has 0 unspecified atom stereocenters. The zero-order valence-electron chi connectivity index (χ0n) is 14.5. The molecule has 0 saturated heterocycles. The molecular formula is C17H16F5NO4S. The highest BCUT2D eigenvalue weighted by Crippen LogP contribution is 2.30. The minimum atomic E-state index is -4.58. The van der Waals surface area contributed by atoms with Gasteiger partial charge in [0.15, 0.2) is 11.5 Å². The Bertz CT molecular complexity index is 916. The molecule has 0 spiro atoms. The first-order chi connectivity index (χ1) is 13.0. The molecule has 0 radical (unpaired) electrons. The van der Waals surface area contributed by atoms with Crippen LogP contribution in [0.1, 0.15) is 16.7 Å². The van der Waals surface area contributed by atoms with Crippen molar-refractivity contribution in [1.82, 2.24) is 4.72 Å². The number of alkyl halides is 5. The van der Waals surface area contributed by atoms with Crippen LogP contribution in [0.4, 0.5) is 22.0 Å². The zero-order chi connectivity index (χ0) is 20.9. The van der Waals surface area contributed by atoms with Crippen LogP contribution in [0.5, 0.6) is 11.5 Å². The summed E-state index contributed by atoms with van der Waals surface area (Å²) in [5.41, 5.74) is -0.591. The van der Waals surface area contributed by atoms with Crippen LogP contribution in [0.15, 0.2) is 42.5 Å². The lowest BCUT2D eigenvalue weighted by atomic mass is 10.1. The van der Waals surface area contributed by atoms with E-state index in [4.69, 9.17) is 4.74 Å². The van der Waals surface area contributed by atoms with Crippen LogP contribution < -0.4 is 14.2 Å². The summed E-state index contributed by atoms with van der Waals surface area (Å²) in [6.07, 6.45) is -4.58. The summed E-state index contributed by atoms with van der Waals surface area (Å²) in [5, 5.41) is 0. The summed E-state index contributed by atoms with van der Waals surface area (Å²) in [5.74, 6) is -0.886. The molecule has 0 saturated carbocycles. The Balaban J connectivity index is 2.07. The first-order valence-corrected chi connectivity index (χ1v) is 9.40. The fourth-order valence-corrected chi connectivity index (χ4v) is 3.42. The predicted octanol–water partition coefficient (Wildman–Crippen LogP) is 3.94. The maximum atomic E-state index is 12.7. The van der Waals surface area contributed by atoms with E-state index < -0.39 is 34.1 Å². The molecule has 0 heterocycles. The Labute approximate surface area is 158 Å². The Kier molecular flexibility index (Phi) is 6.83. The van der Waals surface area contributed by atoms with Gasteiger partial charge in [0, 0.05) is 6.54 Å². The van der Waals surface area contributed by atoms with Crippen molar-refractivity contribution in [2.45, 2.75) is 25.1 Å². The van der Waals surface area contributed by atoms with Crippen molar-refractivity contribution < 1.29 is 39.8 Å². The molecule has 154 valence electrons. The van der Waals surface area contributed by atoms with Crippen LogP contribution in [0.2, 0.25) is 0 Å². The number of methoxy groups -OCH3 is 1. The number of nitrogens with one attached hydrogen (secondary N) is 1. The minimum absolute atomic E-state index is 0.0186. The maximum Gasteiger partial charge on any atom is 0.416 e. The monoisotopic (exact) mass is 425 g/mol. The molecule has 0 fully saturated rings. The van der Waals surface area contributed by atoms with Crippen LogP contribution in [-0.2, 0) is 28.5 Å². The van der Waals surface area contributed by atoms with E-state index in [9.17, 15) is 30.4 Å². The summed E-state index contributed by atoms with van der Waals surface area (Å²) < 4.78 is 98.5. The lowest BCUT2D eigenvalue weighted by Gasteiger charge is -2.12. The summed E-state index contributed by atoms with van der Waals surface area (Å²) >= 11 is 0. The van der Waals surface area contributed by atoms with Gasteiger partial charge >= 0.3 is 12.8 Å². The Morgan fingerprint density at radius 1 is 1.04 bits per heavy atom. The summed E-state index contributed by atoms with van der Waals surface area (Å²) in [6, 6.07) is 7.87. The smallest absolute Gasteiger partial charge is 0.416 e. The average molecular weight is 425 g/mol. The van der Waals surface area contributed by atoms with Crippen LogP contribution in [0.25, 0.3) is 0 Å². The number of hydrogen-bond acceptors (Lipinski definition) is 4. The maximum absolute atomic E-state index is 12.7. The van der Waals surface area contributed by atoms with Crippen molar-refractivity contribution in [2.24, 2.45) is 0 Å². The Hall–Kier alpha value is -2.40. The van der Waals surface area contributed by atoms with Gasteiger partial charge in [-0.3, -0.25) is 0 Å². The summed E-state index contributed by atoms with van der Waals surface area (Å²) in [4.78, 5) is 0. The molecule has 0 aliphatic heterocycles. The van der Waals surface area contributed by atoms with Crippen molar-refractivity contribution in [3.05, 3.63) is 59.2 Å². The molecule has 2 rings (SSSR count). The molecule has 0 atom stereocenters. The van der Waals surface area contributed by atoms with Crippen molar-refractivity contribution >= 4 is 10.0 Å². The number of rotatable bonds is 8. The molecule has 2 aromatic rings. The van der Waals surface area contributed by atoms with Gasteiger partial charge in [0.1, 0.15) is 0 Å². The fourth-order valence-electron chi connectivity index (χ4n) is 2.32. The molecule has 0 aliphatic carbocycles. The van der Waals surface area contributed by atoms with Gasteiger partial charge in [-0.1, -0.05) is 24.3 Å². The van der Waals surface area contributed by atoms with E-state index in [0.717, 1.165) is 18.2 Å². The Morgan fingerprint density at radius 2 is 1.75 bits per heavy atom. The molecule has 11 heteroatoms. The summed E-state index contributed by atoms with van der Waals surface area (Å²) in [6.45, 7) is -3.27. The van der Waals surface area contributed by atoms with Gasteiger partial charge in [-0.2, -0.15) is 22.0 Å². The van der Waals surface area contributed by atoms with Gasteiger partial charge < -0.3 is 9.47 Å².